The van der Waals surface area contributed by atoms with Crippen LogP contribution in [0.5, 0.6) is 0 Å². The van der Waals surface area contributed by atoms with Gasteiger partial charge in [-0.2, -0.15) is 5.10 Å². The molecule has 1 saturated heterocycles. The summed E-state index contributed by atoms with van der Waals surface area (Å²) in [4.78, 5) is 0. The van der Waals surface area contributed by atoms with Crippen molar-refractivity contribution in [2.45, 2.75) is 45.3 Å². The highest BCUT2D eigenvalue weighted by atomic mass is 16.5. The summed E-state index contributed by atoms with van der Waals surface area (Å²) in [6, 6.07) is 2.06. The van der Waals surface area contributed by atoms with E-state index in [1.807, 2.05) is 10.9 Å². The first-order valence-electron chi connectivity index (χ1n) is 6.63. The smallest absolute Gasteiger partial charge is 0.150 e. The zero-order chi connectivity index (χ0) is 11.9. The third kappa shape index (κ3) is 3.54. The van der Waals surface area contributed by atoms with Crippen molar-refractivity contribution in [1.29, 1.82) is 0 Å². The number of aromatic nitrogens is 2. The summed E-state index contributed by atoms with van der Waals surface area (Å²) in [7, 11) is 0. The Bertz CT molecular complexity index is 319. The van der Waals surface area contributed by atoms with Gasteiger partial charge in [-0.05, 0) is 31.7 Å². The van der Waals surface area contributed by atoms with Crippen LogP contribution in [0.4, 0.5) is 0 Å². The summed E-state index contributed by atoms with van der Waals surface area (Å²) in [6.07, 6.45) is 7.46. The molecule has 1 aromatic rings. The lowest BCUT2D eigenvalue weighted by Crippen LogP contribution is -2.21. The Morgan fingerprint density at radius 3 is 3.18 bits per heavy atom. The molecule has 0 N–H and O–H groups in total. The topological polar surface area (TPSA) is 36.3 Å². The summed E-state index contributed by atoms with van der Waals surface area (Å²) in [6.45, 7) is 4.59. The molecule has 0 aromatic carbocycles. The van der Waals surface area contributed by atoms with Crippen LogP contribution in [0.3, 0.4) is 0 Å². The highest BCUT2D eigenvalue weighted by molar-refractivity contribution is 5.01. The van der Waals surface area contributed by atoms with Crippen molar-refractivity contribution in [2.24, 2.45) is 0 Å². The Kier molecular flexibility index (Phi) is 5.01. The van der Waals surface area contributed by atoms with Gasteiger partial charge in [0.25, 0.3) is 0 Å². The van der Waals surface area contributed by atoms with E-state index in [4.69, 9.17) is 9.47 Å². The Morgan fingerprint density at radius 1 is 1.47 bits per heavy atom. The SMILES string of the molecule is CCCOCCc1ccnn1C1CCCCO1. The van der Waals surface area contributed by atoms with Crippen LogP contribution in [-0.4, -0.2) is 29.6 Å². The van der Waals surface area contributed by atoms with Gasteiger partial charge in [-0.1, -0.05) is 6.92 Å². The first-order chi connectivity index (χ1) is 8.42. The molecule has 2 rings (SSSR count). The van der Waals surface area contributed by atoms with Crippen LogP contribution >= 0.6 is 0 Å². The van der Waals surface area contributed by atoms with Crippen molar-refractivity contribution in [2.75, 3.05) is 19.8 Å². The van der Waals surface area contributed by atoms with Gasteiger partial charge in [-0.25, -0.2) is 4.68 Å². The molecule has 0 radical (unpaired) electrons. The third-order valence-corrected chi connectivity index (χ3v) is 3.03. The average Bonchev–Trinajstić information content (AvgIpc) is 2.84. The molecule has 17 heavy (non-hydrogen) atoms. The van der Waals surface area contributed by atoms with Crippen LogP contribution < -0.4 is 0 Å². The maximum Gasteiger partial charge on any atom is 0.150 e. The molecule has 1 unspecified atom stereocenters. The summed E-state index contributed by atoms with van der Waals surface area (Å²) in [5.41, 5.74) is 1.22. The number of nitrogens with zero attached hydrogens (tertiary/aromatic N) is 2. The van der Waals surface area contributed by atoms with E-state index in [2.05, 4.69) is 18.1 Å². The molecule has 96 valence electrons. The summed E-state index contributed by atoms with van der Waals surface area (Å²) in [5.74, 6) is 0. The molecular weight excluding hydrogens is 216 g/mol. The molecule has 4 nitrogen and oxygen atoms in total. The molecule has 0 amide bonds. The number of rotatable bonds is 6. The zero-order valence-corrected chi connectivity index (χ0v) is 10.6. The van der Waals surface area contributed by atoms with Crippen molar-refractivity contribution < 1.29 is 9.47 Å². The normalized spacial score (nSPS) is 20.6. The second kappa shape index (κ2) is 6.77. The van der Waals surface area contributed by atoms with Crippen LogP contribution in [0.2, 0.25) is 0 Å². The van der Waals surface area contributed by atoms with Crippen LogP contribution in [0.15, 0.2) is 12.3 Å². The fourth-order valence-electron chi connectivity index (χ4n) is 2.14. The van der Waals surface area contributed by atoms with Gasteiger partial charge in [0.15, 0.2) is 0 Å². The molecule has 0 spiro atoms. The second-order valence-electron chi connectivity index (χ2n) is 4.45. The third-order valence-electron chi connectivity index (χ3n) is 3.03. The zero-order valence-electron chi connectivity index (χ0n) is 10.6. The molecule has 1 aromatic heterocycles. The number of ether oxygens (including phenoxy) is 2. The van der Waals surface area contributed by atoms with Gasteiger partial charge in [-0.3, -0.25) is 0 Å². The van der Waals surface area contributed by atoms with Crippen LogP contribution in [0, 0.1) is 0 Å². The molecule has 2 heterocycles. The average molecular weight is 238 g/mol. The van der Waals surface area contributed by atoms with E-state index >= 15 is 0 Å². The largest absolute Gasteiger partial charge is 0.381 e. The maximum atomic E-state index is 5.75. The molecule has 1 aliphatic rings. The lowest BCUT2D eigenvalue weighted by molar-refractivity contribution is -0.0415. The molecule has 0 bridgehead atoms. The van der Waals surface area contributed by atoms with Gasteiger partial charge in [0.1, 0.15) is 6.23 Å². The summed E-state index contributed by atoms with van der Waals surface area (Å²) >= 11 is 0. The second-order valence-corrected chi connectivity index (χ2v) is 4.45. The van der Waals surface area contributed by atoms with Gasteiger partial charge in [-0.15, -0.1) is 0 Å². The molecule has 1 fully saturated rings. The Morgan fingerprint density at radius 2 is 2.41 bits per heavy atom. The van der Waals surface area contributed by atoms with E-state index in [1.54, 1.807) is 0 Å². The standard InChI is InChI=1S/C13H22N2O2/c1-2-9-16-11-7-12-6-8-14-15(12)13-5-3-4-10-17-13/h6,8,13H,2-5,7,9-11H2,1H3. The van der Waals surface area contributed by atoms with Crippen LogP contribution in [-0.2, 0) is 15.9 Å². The van der Waals surface area contributed by atoms with E-state index < -0.39 is 0 Å². The van der Waals surface area contributed by atoms with E-state index in [0.29, 0.717) is 0 Å². The van der Waals surface area contributed by atoms with Crippen LogP contribution in [0.1, 0.15) is 44.5 Å². The van der Waals surface area contributed by atoms with Gasteiger partial charge >= 0.3 is 0 Å². The first-order valence-corrected chi connectivity index (χ1v) is 6.63. The fraction of sp³-hybridized carbons (Fsp3) is 0.769. The highest BCUT2D eigenvalue weighted by Crippen LogP contribution is 2.23. The summed E-state index contributed by atoms with van der Waals surface area (Å²) < 4.78 is 13.3. The van der Waals surface area contributed by atoms with E-state index in [-0.39, 0.29) is 6.23 Å². The molecule has 1 atom stereocenters. The monoisotopic (exact) mass is 238 g/mol. The van der Waals surface area contributed by atoms with Crippen molar-refractivity contribution >= 4 is 0 Å². The van der Waals surface area contributed by atoms with Gasteiger partial charge in [0.2, 0.25) is 0 Å². The molecule has 4 heteroatoms. The molecule has 1 aliphatic heterocycles. The Balaban J connectivity index is 1.87. The van der Waals surface area contributed by atoms with Gasteiger partial charge in [0, 0.05) is 31.5 Å². The molecule has 0 aliphatic carbocycles. The number of hydrogen-bond donors (Lipinski definition) is 0. The number of hydrogen-bond acceptors (Lipinski definition) is 3. The minimum absolute atomic E-state index is 0.139. The van der Waals surface area contributed by atoms with Crippen molar-refractivity contribution in [3.8, 4) is 0 Å². The predicted molar refractivity (Wildman–Crippen MR) is 65.9 cm³/mol. The maximum absolute atomic E-state index is 5.75. The molecule has 0 saturated carbocycles. The Labute approximate surface area is 103 Å². The Hall–Kier alpha value is -0.870. The predicted octanol–water partition coefficient (Wildman–Crippen LogP) is 2.55. The quantitative estimate of drug-likeness (QED) is 0.715. The van der Waals surface area contributed by atoms with E-state index in [0.717, 1.165) is 39.1 Å². The summed E-state index contributed by atoms with van der Waals surface area (Å²) in [5, 5.41) is 4.37. The fourth-order valence-corrected chi connectivity index (χ4v) is 2.14. The van der Waals surface area contributed by atoms with Gasteiger partial charge < -0.3 is 9.47 Å². The van der Waals surface area contributed by atoms with Crippen molar-refractivity contribution in [3.63, 3.8) is 0 Å². The van der Waals surface area contributed by atoms with E-state index in [9.17, 15) is 0 Å². The lowest BCUT2D eigenvalue weighted by Gasteiger charge is -2.24. The van der Waals surface area contributed by atoms with Crippen LogP contribution in [0.25, 0.3) is 0 Å². The minimum Gasteiger partial charge on any atom is -0.381 e. The minimum atomic E-state index is 0.139. The lowest BCUT2D eigenvalue weighted by atomic mass is 10.2. The molecular formula is C13H22N2O2. The van der Waals surface area contributed by atoms with E-state index in [1.165, 1.54) is 18.5 Å². The van der Waals surface area contributed by atoms with Gasteiger partial charge in [0.05, 0.1) is 6.61 Å². The highest BCUT2D eigenvalue weighted by Gasteiger charge is 2.18. The van der Waals surface area contributed by atoms with Crippen molar-refractivity contribution in [1.82, 2.24) is 9.78 Å². The first kappa shape index (κ1) is 12.6. The van der Waals surface area contributed by atoms with Crippen molar-refractivity contribution in [3.05, 3.63) is 18.0 Å².